The number of para-hydroxylation sites is 1. The van der Waals surface area contributed by atoms with Gasteiger partial charge in [0.05, 0.1) is 20.8 Å². The lowest BCUT2D eigenvalue weighted by molar-refractivity contribution is -0.145. The zero-order valence-electron chi connectivity index (χ0n) is 20.9. The molecule has 8 heteroatoms. The Morgan fingerprint density at radius 3 is 2.32 bits per heavy atom. The van der Waals surface area contributed by atoms with Crippen LogP contribution in [-0.4, -0.2) is 49.2 Å². The highest BCUT2D eigenvalue weighted by Gasteiger charge is 2.37. The van der Waals surface area contributed by atoms with E-state index in [1.165, 1.54) is 12.0 Å². The Hall–Kier alpha value is -4.33. The molecule has 2 atom stereocenters. The number of hydrogen-bond donors (Lipinski definition) is 1. The minimum absolute atomic E-state index is 0.0880. The fraction of sp³-hybridized carbons (Fsp3) is 0.276. The standard InChI is InChI=1S/C29H30N2O6/c1-35-26-15-9-8-13-22(26)16-24(28(33)36-2)30-27(32)25-17-21-12-6-7-14-23(21)18-31(25)29(34)37-19-20-10-4-3-5-11-20/h3-15,24-25H,16-19H2,1-2H3,(H,30,32)/t24-,25-/m0/s1. The van der Waals surface area contributed by atoms with E-state index in [9.17, 15) is 14.4 Å². The van der Waals surface area contributed by atoms with Crippen LogP contribution in [0.25, 0.3) is 0 Å². The lowest BCUT2D eigenvalue weighted by Crippen LogP contribution is -2.56. The predicted molar refractivity (Wildman–Crippen MR) is 137 cm³/mol. The molecule has 1 heterocycles. The van der Waals surface area contributed by atoms with E-state index in [0.717, 1.165) is 22.3 Å². The molecule has 192 valence electrons. The number of carbonyl (C=O) groups is 3. The third-order valence-corrected chi connectivity index (χ3v) is 6.41. The molecule has 0 unspecified atom stereocenters. The third kappa shape index (κ3) is 6.27. The second kappa shape index (κ2) is 12.1. The predicted octanol–water partition coefficient (Wildman–Crippen LogP) is 3.66. The molecule has 3 aromatic carbocycles. The van der Waals surface area contributed by atoms with Crippen LogP contribution in [0.1, 0.15) is 22.3 Å². The monoisotopic (exact) mass is 502 g/mol. The molecule has 0 aliphatic carbocycles. The van der Waals surface area contributed by atoms with Crippen molar-refractivity contribution in [3.63, 3.8) is 0 Å². The van der Waals surface area contributed by atoms with E-state index in [1.807, 2.05) is 72.8 Å². The van der Waals surface area contributed by atoms with E-state index in [1.54, 1.807) is 13.2 Å². The topological polar surface area (TPSA) is 94.2 Å². The molecule has 0 bridgehead atoms. The summed E-state index contributed by atoms with van der Waals surface area (Å²) in [6, 6.07) is 22.5. The Morgan fingerprint density at radius 2 is 1.59 bits per heavy atom. The van der Waals surface area contributed by atoms with Gasteiger partial charge in [-0.3, -0.25) is 9.69 Å². The number of carbonyl (C=O) groups excluding carboxylic acids is 3. The molecular weight excluding hydrogens is 472 g/mol. The summed E-state index contributed by atoms with van der Waals surface area (Å²) in [5.74, 6) is -0.450. The molecule has 1 aliphatic heterocycles. The van der Waals surface area contributed by atoms with Crippen LogP contribution < -0.4 is 10.1 Å². The average molecular weight is 503 g/mol. The molecule has 4 rings (SSSR count). The number of esters is 1. The number of methoxy groups -OCH3 is 2. The van der Waals surface area contributed by atoms with Crippen molar-refractivity contribution in [2.45, 2.75) is 38.1 Å². The van der Waals surface area contributed by atoms with Crippen molar-refractivity contribution in [1.29, 1.82) is 0 Å². The summed E-state index contributed by atoms with van der Waals surface area (Å²) in [5, 5.41) is 2.81. The van der Waals surface area contributed by atoms with Gasteiger partial charge in [0.25, 0.3) is 0 Å². The molecule has 0 spiro atoms. The molecule has 37 heavy (non-hydrogen) atoms. The minimum Gasteiger partial charge on any atom is -0.496 e. The van der Waals surface area contributed by atoms with Crippen molar-refractivity contribution < 1.29 is 28.6 Å². The molecule has 0 saturated heterocycles. The fourth-order valence-electron chi connectivity index (χ4n) is 4.45. The first-order valence-electron chi connectivity index (χ1n) is 12.0. The second-order valence-corrected chi connectivity index (χ2v) is 8.76. The van der Waals surface area contributed by atoms with Crippen molar-refractivity contribution >= 4 is 18.0 Å². The maximum absolute atomic E-state index is 13.6. The molecule has 0 aromatic heterocycles. The second-order valence-electron chi connectivity index (χ2n) is 8.76. The number of amides is 2. The first-order valence-corrected chi connectivity index (χ1v) is 12.0. The van der Waals surface area contributed by atoms with Gasteiger partial charge < -0.3 is 19.5 Å². The van der Waals surface area contributed by atoms with Gasteiger partial charge in [0.15, 0.2) is 0 Å². The number of nitrogens with zero attached hydrogens (tertiary/aromatic N) is 1. The van der Waals surface area contributed by atoms with Gasteiger partial charge in [0.1, 0.15) is 24.4 Å². The van der Waals surface area contributed by atoms with E-state index in [-0.39, 0.29) is 19.6 Å². The quantitative estimate of drug-likeness (QED) is 0.473. The van der Waals surface area contributed by atoms with Gasteiger partial charge in [-0.15, -0.1) is 0 Å². The summed E-state index contributed by atoms with van der Waals surface area (Å²) in [6.07, 6.45) is -0.132. The number of nitrogens with one attached hydrogen (secondary N) is 1. The highest BCUT2D eigenvalue weighted by atomic mass is 16.6. The minimum atomic E-state index is -0.965. The lowest BCUT2D eigenvalue weighted by Gasteiger charge is -2.35. The molecule has 2 amide bonds. The van der Waals surface area contributed by atoms with E-state index in [0.29, 0.717) is 12.2 Å². The number of rotatable bonds is 8. The van der Waals surface area contributed by atoms with Crippen LogP contribution >= 0.6 is 0 Å². The lowest BCUT2D eigenvalue weighted by atomic mass is 9.93. The van der Waals surface area contributed by atoms with Crippen molar-refractivity contribution in [1.82, 2.24) is 10.2 Å². The number of hydrogen-bond acceptors (Lipinski definition) is 6. The summed E-state index contributed by atoms with van der Waals surface area (Å²) in [7, 11) is 2.82. The van der Waals surface area contributed by atoms with Crippen LogP contribution in [0.5, 0.6) is 5.75 Å². The van der Waals surface area contributed by atoms with Gasteiger partial charge in [-0.1, -0.05) is 72.8 Å². The first-order chi connectivity index (χ1) is 18.0. The van der Waals surface area contributed by atoms with Crippen molar-refractivity contribution in [2.75, 3.05) is 14.2 Å². The Kier molecular flexibility index (Phi) is 8.40. The van der Waals surface area contributed by atoms with Crippen LogP contribution in [0.3, 0.4) is 0 Å². The Morgan fingerprint density at radius 1 is 0.919 bits per heavy atom. The highest BCUT2D eigenvalue weighted by Crippen LogP contribution is 2.25. The van der Waals surface area contributed by atoms with Gasteiger partial charge in [0, 0.05) is 12.8 Å². The maximum Gasteiger partial charge on any atom is 0.411 e. The SMILES string of the molecule is COC(=O)[C@H](Cc1ccccc1OC)NC(=O)[C@@H]1Cc2ccccc2CN1C(=O)OCc1ccccc1. The van der Waals surface area contributed by atoms with Crippen LogP contribution in [0.15, 0.2) is 78.9 Å². The molecule has 0 radical (unpaired) electrons. The average Bonchev–Trinajstić information content (AvgIpc) is 2.95. The Bertz CT molecular complexity index is 1250. The normalized spacial score (nSPS) is 15.2. The van der Waals surface area contributed by atoms with Crippen molar-refractivity contribution in [2.24, 2.45) is 0 Å². The van der Waals surface area contributed by atoms with Crippen molar-refractivity contribution in [3.05, 3.63) is 101 Å². The van der Waals surface area contributed by atoms with Crippen LogP contribution in [0.2, 0.25) is 0 Å². The van der Waals surface area contributed by atoms with Crippen LogP contribution in [-0.2, 0) is 45.1 Å². The highest BCUT2D eigenvalue weighted by molar-refractivity contribution is 5.90. The van der Waals surface area contributed by atoms with Gasteiger partial charge in [-0.2, -0.15) is 0 Å². The summed E-state index contributed by atoms with van der Waals surface area (Å²) in [5.41, 5.74) is 3.50. The number of fused-ring (bicyclic) bond motifs is 1. The molecule has 1 aliphatic rings. The first kappa shape index (κ1) is 25.8. The summed E-state index contributed by atoms with van der Waals surface area (Å²) in [6.45, 7) is 0.308. The fourth-order valence-corrected chi connectivity index (χ4v) is 4.45. The molecule has 0 fully saturated rings. The van der Waals surface area contributed by atoms with Crippen LogP contribution in [0.4, 0.5) is 4.79 Å². The smallest absolute Gasteiger partial charge is 0.411 e. The van der Waals surface area contributed by atoms with Gasteiger partial charge in [-0.25, -0.2) is 9.59 Å². The van der Waals surface area contributed by atoms with Crippen molar-refractivity contribution in [3.8, 4) is 5.75 Å². The number of ether oxygens (including phenoxy) is 3. The van der Waals surface area contributed by atoms with Crippen LogP contribution in [0, 0.1) is 0 Å². The third-order valence-electron chi connectivity index (χ3n) is 6.41. The molecule has 3 aromatic rings. The van der Waals surface area contributed by atoms with Gasteiger partial charge >= 0.3 is 12.1 Å². The summed E-state index contributed by atoms with van der Waals surface area (Å²) >= 11 is 0. The van der Waals surface area contributed by atoms with E-state index in [4.69, 9.17) is 14.2 Å². The summed E-state index contributed by atoms with van der Waals surface area (Å²) < 4.78 is 15.9. The molecular formula is C29H30N2O6. The van der Waals surface area contributed by atoms with Gasteiger partial charge in [0.2, 0.25) is 5.91 Å². The maximum atomic E-state index is 13.6. The van der Waals surface area contributed by atoms with E-state index in [2.05, 4.69) is 5.32 Å². The molecule has 0 saturated carbocycles. The largest absolute Gasteiger partial charge is 0.496 e. The summed E-state index contributed by atoms with van der Waals surface area (Å²) in [4.78, 5) is 40.8. The van der Waals surface area contributed by atoms with E-state index >= 15 is 0 Å². The number of benzene rings is 3. The molecule has 1 N–H and O–H groups in total. The van der Waals surface area contributed by atoms with Gasteiger partial charge in [-0.05, 0) is 28.3 Å². The Balaban J connectivity index is 1.54. The zero-order chi connectivity index (χ0) is 26.2. The van der Waals surface area contributed by atoms with E-state index < -0.39 is 30.1 Å². The zero-order valence-corrected chi connectivity index (χ0v) is 20.9. The molecule has 8 nitrogen and oxygen atoms in total. The Labute approximate surface area is 216 Å².